The fraction of sp³-hybridized carbons (Fsp3) is 0.200. The van der Waals surface area contributed by atoms with Crippen molar-refractivity contribution < 1.29 is 19.1 Å². The molecule has 0 atom stereocenters. The van der Waals surface area contributed by atoms with Crippen LogP contribution < -0.4 is 26.4 Å². The van der Waals surface area contributed by atoms with Crippen LogP contribution in [0.1, 0.15) is 23.3 Å². The second-order valence-electron chi connectivity index (χ2n) is 6.43. The van der Waals surface area contributed by atoms with Gasteiger partial charge in [0.05, 0.1) is 12.4 Å². The highest BCUT2D eigenvalue weighted by molar-refractivity contribution is 9.09. The number of aromatic nitrogens is 1. The van der Waals surface area contributed by atoms with Crippen molar-refractivity contribution in [3.8, 4) is 5.75 Å². The minimum absolute atomic E-state index is 0.0217. The van der Waals surface area contributed by atoms with E-state index in [0.717, 1.165) is 22.7 Å². The number of rotatable bonds is 8. The first-order chi connectivity index (χ1) is 14.9. The number of thiazole rings is 1. The number of benzene rings is 1. The summed E-state index contributed by atoms with van der Waals surface area (Å²) in [5.74, 6) is -0.545. The van der Waals surface area contributed by atoms with Crippen molar-refractivity contribution in [2.24, 2.45) is 5.73 Å². The monoisotopic (exact) mass is 505 g/mol. The van der Waals surface area contributed by atoms with Gasteiger partial charge in [0.2, 0.25) is 5.91 Å². The molecule has 1 aliphatic rings. The van der Waals surface area contributed by atoms with Crippen molar-refractivity contribution >= 4 is 60.8 Å². The number of carbonyl (C=O) groups is 3. The van der Waals surface area contributed by atoms with E-state index in [2.05, 4.69) is 36.9 Å². The van der Waals surface area contributed by atoms with Gasteiger partial charge in [0, 0.05) is 17.0 Å². The summed E-state index contributed by atoms with van der Waals surface area (Å²) in [6.07, 6.45) is 4.30. The lowest BCUT2D eigenvalue weighted by atomic mass is 10.0. The summed E-state index contributed by atoms with van der Waals surface area (Å²) >= 11 is 4.20. The van der Waals surface area contributed by atoms with Crippen molar-refractivity contribution in [1.82, 2.24) is 10.3 Å². The fourth-order valence-corrected chi connectivity index (χ4v) is 3.78. The molecule has 1 aromatic carbocycles. The normalized spacial score (nSPS) is 13.0. The molecule has 1 aliphatic carbocycles. The summed E-state index contributed by atoms with van der Waals surface area (Å²) in [4.78, 5) is 40.1. The molecule has 31 heavy (non-hydrogen) atoms. The Morgan fingerprint density at radius 2 is 1.90 bits per heavy atom. The first-order valence-corrected chi connectivity index (χ1v) is 11.1. The zero-order chi connectivity index (χ0) is 22.4. The van der Waals surface area contributed by atoms with Crippen molar-refractivity contribution in [3.05, 3.63) is 53.4 Å². The van der Waals surface area contributed by atoms with Crippen LogP contribution in [0.15, 0.2) is 47.7 Å². The number of nitrogens with two attached hydrogens (primary N) is 1. The van der Waals surface area contributed by atoms with E-state index in [-0.39, 0.29) is 27.8 Å². The number of primary amides is 1. The summed E-state index contributed by atoms with van der Waals surface area (Å²) in [6, 6.07) is 7.16. The number of ether oxygens (including phenoxy) is 1. The van der Waals surface area contributed by atoms with Gasteiger partial charge in [-0.25, -0.2) is 4.98 Å². The van der Waals surface area contributed by atoms with Gasteiger partial charge in [0.25, 0.3) is 11.8 Å². The van der Waals surface area contributed by atoms with E-state index in [1.165, 1.54) is 0 Å². The van der Waals surface area contributed by atoms with E-state index in [9.17, 15) is 14.4 Å². The first-order valence-electron chi connectivity index (χ1n) is 9.18. The summed E-state index contributed by atoms with van der Waals surface area (Å²) in [5, 5.41) is 9.42. The Balaban J connectivity index is 1.72. The second-order valence-corrected chi connectivity index (χ2v) is 7.99. The number of methoxy groups -OCH3 is 1. The summed E-state index contributed by atoms with van der Waals surface area (Å²) in [6.45, 7) is 0. The maximum absolute atomic E-state index is 12.7. The number of amides is 3. The molecule has 0 saturated heterocycles. The number of hydrogen-bond donors (Lipinski definition) is 4. The highest BCUT2D eigenvalue weighted by Gasteiger charge is 2.21. The lowest BCUT2D eigenvalue weighted by Crippen LogP contribution is -2.25. The lowest BCUT2D eigenvalue weighted by molar-refractivity contribution is -0.117. The van der Waals surface area contributed by atoms with E-state index in [0.29, 0.717) is 29.3 Å². The Bertz CT molecular complexity index is 1060. The third-order valence-corrected chi connectivity index (χ3v) is 5.69. The molecule has 0 radical (unpaired) electrons. The Morgan fingerprint density at radius 3 is 2.48 bits per heavy atom. The van der Waals surface area contributed by atoms with Gasteiger partial charge in [-0.15, -0.1) is 0 Å². The van der Waals surface area contributed by atoms with Gasteiger partial charge in [-0.3, -0.25) is 14.4 Å². The van der Waals surface area contributed by atoms with Crippen LogP contribution in [0, 0.1) is 0 Å². The Labute approximate surface area is 190 Å². The van der Waals surface area contributed by atoms with Crippen LogP contribution in [0.3, 0.4) is 0 Å². The van der Waals surface area contributed by atoms with Gasteiger partial charge in [-0.1, -0.05) is 33.3 Å². The van der Waals surface area contributed by atoms with Gasteiger partial charge in [0.15, 0.2) is 10.8 Å². The number of anilines is 3. The molecule has 0 aliphatic heterocycles. The molecule has 1 aromatic heterocycles. The molecule has 0 saturated carbocycles. The molecule has 11 heteroatoms. The van der Waals surface area contributed by atoms with Crippen molar-refractivity contribution in [3.63, 3.8) is 0 Å². The SMILES string of the molecule is COc1ccc(Nc2nc(C(N)=O)c(NC(=O)C3=CC=C(NC(=O)CBr)CC3)s2)cc1. The number of allylic oxidation sites excluding steroid dienone is 3. The highest BCUT2D eigenvalue weighted by atomic mass is 79.9. The fourth-order valence-electron chi connectivity index (χ4n) is 2.75. The molecule has 0 spiro atoms. The standard InChI is InChI=1S/C20H20BrN5O4S/c1-30-14-8-6-13(7-9-14)24-20-25-16(17(22)28)19(31-20)26-18(29)11-2-4-12(5-3-11)23-15(27)10-21/h2,4,6-9H,3,5,10H2,1H3,(H2,22,28)(H,23,27)(H,24,25)(H,26,29). The van der Waals surface area contributed by atoms with E-state index in [4.69, 9.17) is 10.5 Å². The van der Waals surface area contributed by atoms with Gasteiger partial charge in [-0.05, 0) is 43.2 Å². The van der Waals surface area contributed by atoms with Gasteiger partial charge in [-0.2, -0.15) is 0 Å². The van der Waals surface area contributed by atoms with Crippen LogP contribution in [-0.2, 0) is 9.59 Å². The van der Waals surface area contributed by atoms with Crippen molar-refractivity contribution in [1.29, 1.82) is 0 Å². The number of halogens is 1. The number of nitrogens with one attached hydrogen (secondary N) is 3. The van der Waals surface area contributed by atoms with Crippen molar-refractivity contribution in [2.45, 2.75) is 12.8 Å². The highest BCUT2D eigenvalue weighted by Crippen LogP contribution is 2.32. The van der Waals surface area contributed by atoms with Gasteiger partial charge < -0.3 is 26.4 Å². The smallest absolute Gasteiger partial charge is 0.270 e. The third kappa shape index (κ3) is 5.92. The lowest BCUT2D eigenvalue weighted by Gasteiger charge is -2.15. The van der Waals surface area contributed by atoms with Crippen LogP contribution in [-0.4, -0.2) is 35.1 Å². The third-order valence-electron chi connectivity index (χ3n) is 4.29. The molecular formula is C20H20BrN5O4S. The van der Waals surface area contributed by atoms with Crippen LogP contribution >= 0.6 is 27.3 Å². The molecule has 2 aromatic rings. The Kier molecular flexibility index (Phi) is 7.42. The number of hydrogen-bond acceptors (Lipinski definition) is 7. The predicted octanol–water partition coefficient (Wildman–Crippen LogP) is 3.05. The molecule has 162 valence electrons. The summed E-state index contributed by atoms with van der Waals surface area (Å²) in [5.41, 5.74) is 7.41. The number of nitrogens with zero attached hydrogens (tertiary/aromatic N) is 1. The summed E-state index contributed by atoms with van der Waals surface area (Å²) in [7, 11) is 1.58. The van der Waals surface area contributed by atoms with Crippen LogP contribution in [0.25, 0.3) is 0 Å². The quantitative estimate of drug-likeness (QED) is 0.407. The molecule has 0 fully saturated rings. The van der Waals surface area contributed by atoms with Crippen molar-refractivity contribution in [2.75, 3.05) is 23.1 Å². The Hall–Kier alpha value is -3.18. The molecule has 3 rings (SSSR count). The first kappa shape index (κ1) is 22.5. The predicted molar refractivity (Wildman–Crippen MR) is 123 cm³/mol. The maximum atomic E-state index is 12.7. The van der Waals surface area contributed by atoms with Gasteiger partial charge >= 0.3 is 0 Å². The molecule has 9 nitrogen and oxygen atoms in total. The minimum atomic E-state index is -0.744. The van der Waals surface area contributed by atoms with Crippen LogP contribution in [0.2, 0.25) is 0 Å². The molecule has 3 amide bonds. The average Bonchev–Trinajstić information content (AvgIpc) is 3.17. The molecule has 5 N–H and O–H groups in total. The number of alkyl halides is 1. The van der Waals surface area contributed by atoms with Crippen LogP contribution in [0.4, 0.5) is 15.8 Å². The maximum Gasteiger partial charge on any atom is 0.270 e. The van der Waals surface area contributed by atoms with E-state index >= 15 is 0 Å². The molecular weight excluding hydrogens is 486 g/mol. The van der Waals surface area contributed by atoms with E-state index in [1.54, 1.807) is 43.5 Å². The van der Waals surface area contributed by atoms with E-state index < -0.39 is 5.91 Å². The second kappa shape index (κ2) is 10.2. The number of carbonyl (C=O) groups excluding carboxylic acids is 3. The zero-order valence-electron chi connectivity index (χ0n) is 16.5. The largest absolute Gasteiger partial charge is 0.497 e. The molecule has 1 heterocycles. The minimum Gasteiger partial charge on any atom is -0.497 e. The topological polar surface area (TPSA) is 135 Å². The Morgan fingerprint density at radius 1 is 1.16 bits per heavy atom. The van der Waals surface area contributed by atoms with E-state index in [1.807, 2.05) is 0 Å². The van der Waals surface area contributed by atoms with Gasteiger partial charge in [0.1, 0.15) is 10.8 Å². The summed E-state index contributed by atoms with van der Waals surface area (Å²) < 4.78 is 5.13. The zero-order valence-corrected chi connectivity index (χ0v) is 18.9. The molecule has 0 unspecified atom stereocenters. The van der Waals surface area contributed by atoms with Crippen LogP contribution in [0.5, 0.6) is 5.75 Å². The average molecular weight is 506 g/mol. The molecule has 0 bridgehead atoms.